The molecule has 6 heteroatoms. The maximum Gasteiger partial charge on any atom is 0.255 e. The summed E-state index contributed by atoms with van der Waals surface area (Å²) in [6.45, 7) is 7.16. The minimum absolute atomic E-state index is 0.0966. The molecule has 1 aliphatic heterocycles. The molecule has 1 aliphatic rings. The summed E-state index contributed by atoms with van der Waals surface area (Å²) in [4.78, 5) is 26.2. The first-order valence-electron chi connectivity index (χ1n) is 7.79. The van der Waals surface area contributed by atoms with E-state index >= 15 is 0 Å². The number of hydrogen-bond acceptors (Lipinski definition) is 4. The second-order valence-electron chi connectivity index (χ2n) is 6.04. The van der Waals surface area contributed by atoms with Crippen LogP contribution in [0.3, 0.4) is 0 Å². The van der Waals surface area contributed by atoms with Crippen LogP contribution in [0.5, 0.6) is 0 Å². The quantitative estimate of drug-likeness (QED) is 0.875. The van der Waals surface area contributed by atoms with Crippen LogP contribution in [-0.4, -0.2) is 42.4 Å². The van der Waals surface area contributed by atoms with Crippen molar-refractivity contribution in [2.45, 2.75) is 39.7 Å². The van der Waals surface area contributed by atoms with Gasteiger partial charge in [0.05, 0.1) is 5.56 Å². The Kier molecular flexibility index (Phi) is 5.24. The Morgan fingerprint density at radius 2 is 2.05 bits per heavy atom. The van der Waals surface area contributed by atoms with Crippen molar-refractivity contribution in [3.8, 4) is 0 Å². The van der Waals surface area contributed by atoms with Gasteiger partial charge in [0.1, 0.15) is 11.5 Å². The Hall–Kier alpha value is -1.82. The van der Waals surface area contributed by atoms with Crippen LogP contribution >= 0.6 is 0 Å². The van der Waals surface area contributed by atoms with E-state index in [1.807, 2.05) is 18.7 Å². The summed E-state index contributed by atoms with van der Waals surface area (Å²) in [7, 11) is 0. The lowest BCUT2D eigenvalue weighted by Crippen LogP contribution is -2.48. The topological polar surface area (TPSA) is 88.6 Å². The summed E-state index contributed by atoms with van der Waals surface area (Å²) < 4.78 is 5.39. The van der Waals surface area contributed by atoms with Crippen molar-refractivity contribution in [3.05, 3.63) is 23.2 Å². The number of rotatable bonds is 4. The lowest BCUT2D eigenvalue weighted by atomic mass is 10.0. The number of furan rings is 1. The number of carbonyl (C=O) groups is 2. The van der Waals surface area contributed by atoms with Gasteiger partial charge in [-0.25, -0.2) is 0 Å². The molecule has 2 rings (SSSR count). The molecule has 3 N–H and O–H groups in total. The molecule has 2 amide bonds. The Bertz CT molecular complexity index is 545. The second-order valence-corrected chi connectivity index (χ2v) is 6.04. The number of carbonyl (C=O) groups excluding carboxylic acids is 2. The second kappa shape index (κ2) is 6.96. The van der Waals surface area contributed by atoms with Crippen molar-refractivity contribution in [1.82, 2.24) is 10.2 Å². The fraction of sp³-hybridized carbons (Fsp3) is 0.625. The predicted octanol–water partition coefficient (Wildman–Crippen LogP) is 1.21. The average Bonchev–Trinajstić information content (AvgIpc) is 2.85. The summed E-state index contributed by atoms with van der Waals surface area (Å²) in [5, 5.41) is 3.03. The molecule has 1 atom stereocenters. The number of nitrogens with zero attached hydrogens (tertiary/aromatic N) is 1. The average molecular weight is 307 g/mol. The van der Waals surface area contributed by atoms with E-state index in [-0.39, 0.29) is 23.8 Å². The van der Waals surface area contributed by atoms with Crippen LogP contribution in [0.2, 0.25) is 0 Å². The number of hydrogen-bond donors (Lipinski definition) is 2. The predicted molar refractivity (Wildman–Crippen MR) is 83.5 cm³/mol. The van der Waals surface area contributed by atoms with E-state index in [9.17, 15) is 9.59 Å². The molecule has 1 saturated heterocycles. The van der Waals surface area contributed by atoms with Gasteiger partial charge in [0.25, 0.3) is 5.91 Å². The number of nitrogens with one attached hydrogen (secondary N) is 1. The maximum absolute atomic E-state index is 12.2. The monoisotopic (exact) mass is 307 g/mol. The molecule has 0 aliphatic carbocycles. The summed E-state index contributed by atoms with van der Waals surface area (Å²) in [5.41, 5.74) is 6.13. The molecule has 1 unspecified atom stereocenters. The molecule has 2 heterocycles. The zero-order valence-electron chi connectivity index (χ0n) is 13.5. The number of aryl methyl sites for hydroxylation is 2. The third-order valence-electron chi connectivity index (χ3n) is 4.20. The third-order valence-corrected chi connectivity index (χ3v) is 4.20. The van der Waals surface area contributed by atoms with E-state index < -0.39 is 0 Å². The van der Waals surface area contributed by atoms with Gasteiger partial charge in [0.2, 0.25) is 5.91 Å². The summed E-state index contributed by atoms with van der Waals surface area (Å²) in [5.74, 6) is 1.24. The molecule has 6 nitrogen and oxygen atoms in total. The molecule has 1 fully saturated rings. The Morgan fingerprint density at radius 1 is 1.41 bits per heavy atom. The van der Waals surface area contributed by atoms with Gasteiger partial charge < -0.3 is 20.4 Å². The first-order valence-corrected chi connectivity index (χ1v) is 7.79. The van der Waals surface area contributed by atoms with Crippen molar-refractivity contribution in [3.63, 3.8) is 0 Å². The lowest BCUT2D eigenvalue weighted by molar-refractivity contribution is -0.135. The van der Waals surface area contributed by atoms with Crippen LogP contribution in [0.1, 0.15) is 41.6 Å². The van der Waals surface area contributed by atoms with Crippen LogP contribution in [0.25, 0.3) is 0 Å². The highest BCUT2D eigenvalue weighted by Gasteiger charge is 2.26. The summed E-state index contributed by atoms with van der Waals surface area (Å²) >= 11 is 0. The first-order chi connectivity index (χ1) is 10.4. The smallest absolute Gasteiger partial charge is 0.255 e. The highest BCUT2D eigenvalue weighted by atomic mass is 16.3. The molecule has 0 saturated carbocycles. The SMILES string of the molecule is Cc1cc(C(=O)NC2CCN(C(=O)C(C)CN)CC2)c(C)o1. The number of amides is 2. The largest absolute Gasteiger partial charge is 0.466 e. The highest BCUT2D eigenvalue weighted by Crippen LogP contribution is 2.16. The fourth-order valence-corrected chi connectivity index (χ4v) is 2.78. The number of nitrogens with two attached hydrogens (primary N) is 1. The van der Waals surface area contributed by atoms with Gasteiger partial charge in [0, 0.05) is 31.6 Å². The Morgan fingerprint density at radius 3 is 2.55 bits per heavy atom. The number of likely N-dealkylation sites (tertiary alicyclic amines) is 1. The molecular weight excluding hydrogens is 282 g/mol. The minimum Gasteiger partial charge on any atom is -0.466 e. The zero-order chi connectivity index (χ0) is 16.3. The standard InChI is InChI=1S/C16H25N3O3/c1-10(9-17)16(21)19-6-4-13(5-7-19)18-15(20)14-8-11(2)22-12(14)3/h8,10,13H,4-7,9,17H2,1-3H3,(H,18,20). The maximum atomic E-state index is 12.2. The molecule has 22 heavy (non-hydrogen) atoms. The van der Waals surface area contributed by atoms with Crippen molar-refractivity contribution in [1.29, 1.82) is 0 Å². The number of piperidine rings is 1. The van der Waals surface area contributed by atoms with Crippen molar-refractivity contribution < 1.29 is 14.0 Å². The van der Waals surface area contributed by atoms with Gasteiger partial charge >= 0.3 is 0 Å². The van der Waals surface area contributed by atoms with Crippen LogP contribution in [0.15, 0.2) is 10.5 Å². The van der Waals surface area contributed by atoms with Crippen LogP contribution in [0, 0.1) is 19.8 Å². The van der Waals surface area contributed by atoms with E-state index in [2.05, 4.69) is 5.32 Å². The molecular formula is C16H25N3O3. The van der Waals surface area contributed by atoms with Crippen molar-refractivity contribution in [2.75, 3.05) is 19.6 Å². The molecule has 0 radical (unpaired) electrons. The molecule has 122 valence electrons. The fourth-order valence-electron chi connectivity index (χ4n) is 2.78. The first kappa shape index (κ1) is 16.5. The van der Waals surface area contributed by atoms with Gasteiger partial charge in [-0.05, 0) is 32.8 Å². The van der Waals surface area contributed by atoms with Gasteiger partial charge in [-0.2, -0.15) is 0 Å². The van der Waals surface area contributed by atoms with Crippen LogP contribution in [-0.2, 0) is 4.79 Å². The lowest BCUT2D eigenvalue weighted by Gasteiger charge is -2.33. The van der Waals surface area contributed by atoms with Gasteiger partial charge in [-0.15, -0.1) is 0 Å². The van der Waals surface area contributed by atoms with E-state index in [1.165, 1.54) is 0 Å². The summed E-state index contributed by atoms with van der Waals surface area (Å²) in [6.07, 6.45) is 1.54. The minimum atomic E-state index is -0.136. The van der Waals surface area contributed by atoms with Crippen LogP contribution < -0.4 is 11.1 Å². The van der Waals surface area contributed by atoms with E-state index in [1.54, 1.807) is 13.0 Å². The molecule has 0 spiro atoms. The van der Waals surface area contributed by atoms with Crippen molar-refractivity contribution in [2.24, 2.45) is 11.7 Å². The van der Waals surface area contributed by atoms with Crippen molar-refractivity contribution >= 4 is 11.8 Å². The van der Waals surface area contributed by atoms with E-state index in [0.29, 0.717) is 31.0 Å². The Labute approximate surface area is 131 Å². The zero-order valence-corrected chi connectivity index (χ0v) is 13.5. The van der Waals surface area contributed by atoms with Gasteiger partial charge in [-0.3, -0.25) is 9.59 Å². The molecule has 1 aromatic rings. The molecule has 0 aromatic carbocycles. The summed E-state index contributed by atoms with van der Waals surface area (Å²) in [6, 6.07) is 1.85. The molecule has 0 bridgehead atoms. The van der Waals surface area contributed by atoms with Crippen LogP contribution in [0.4, 0.5) is 0 Å². The third kappa shape index (κ3) is 3.68. The normalized spacial score (nSPS) is 17.4. The Balaban J connectivity index is 1.86. The van der Waals surface area contributed by atoms with E-state index in [0.717, 1.165) is 18.6 Å². The van der Waals surface area contributed by atoms with Gasteiger partial charge in [0.15, 0.2) is 0 Å². The molecule has 1 aromatic heterocycles. The highest BCUT2D eigenvalue weighted by molar-refractivity contribution is 5.95. The van der Waals surface area contributed by atoms with Gasteiger partial charge in [-0.1, -0.05) is 6.92 Å². The van der Waals surface area contributed by atoms with E-state index in [4.69, 9.17) is 10.2 Å².